The number of ether oxygens (including phenoxy) is 1. The van der Waals surface area contributed by atoms with Crippen LogP contribution in [0.3, 0.4) is 0 Å². The minimum absolute atomic E-state index is 0.179. The number of carbonyl (C=O) groups is 1. The van der Waals surface area contributed by atoms with E-state index in [4.69, 9.17) is 4.74 Å². The Morgan fingerprint density at radius 1 is 1.19 bits per heavy atom. The zero-order valence-corrected chi connectivity index (χ0v) is 12.1. The Morgan fingerprint density at radius 2 is 1.95 bits per heavy atom. The molecule has 1 aliphatic rings. The molecule has 1 N–H and O–H groups in total. The van der Waals surface area contributed by atoms with Gasteiger partial charge in [0.2, 0.25) is 0 Å². The lowest BCUT2D eigenvalue weighted by atomic mass is 10.00. The van der Waals surface area contributed by atoms with E-state index in [1.165, 1.54) is 5.56 Å². The van der Waals surface area contributed by atoms with Crippen molar-refractivity contribution in [2.45, 2.75) is 25.8 Å². The molecule has 0 fully saturated rings. The molecule has 0 radical (unpaired) electrons. The van der Waals surface area contributed by atoms with Gasteiger partial charge in [-0.15, -0.1) is 0 Å². The van der Waals surface area contributed by atoms with Crippen LogP contribution in [0.15, 0.2) is 48.5 Å². The average molecular weight is 281 g/mol. The number of hydrogen-bond acceptors (Lipinski definition) is 3. The summed E-state index contributed by atoms with van der Waals surface area (Å²) in [6.07, 6.45) is 1.48. The van der Waals surface area contributed by atoms with Crippen molar-refractivity contribution >= 4 is 11.5 Å². The van der Waals surface area contributed by atoms with Gasteiger partial charge >= 0.3 is 0 Å². The summed E-state index contributed by atoms with van der Waals surface area (Å²) in [6, 6.07) is 16.1. The van der Waals surface area contributed by atoms with E-state index in [2.05, 4.69) is 11.4 Å². The number of Topliss-reactive ketones (excluding diaryl/α,β-unsaturated/α-hetero) is 1. The van der Waals surface area contributed by atoms with Crippen LogP contribution in [0.1, 0.15) is 41.7 Å². The lowest BCUT2D eigenvalue weighted by Gasteiger charge is -2.27. The van der Waals surface area contributed by atoms with E-state index in [9.17, 15) is 4.79 Å². The van der Waals surface area contributed by atoms with Crippen LogP contribution in [0.5, 0.6) is 5.75 Å². The second kappa shape index (κ2) is 6.00. The molecular weight excluding hydrogens is 262 g/mol. The maximum atomic E-state index is 11.6. The van der Waals surface area contributed by atoms with E-state index in [0.29, 0.717) is 6.42 Å². The standard InChI is InChI=1S/C18H19NO2/c1-2-17(20)13-7-9-14(10-8-13)19-16-11-12-21-18-6-4-3-5-15(16)18/h3-10,16,19H,2,11-12H2,1H3. The zero-order valence-electron chi connectivity index (χ0n) is 12.1. The van der Waals surface area contributed by atoms with Crippen molar-refractivity contribution in [3.63, 3.8) is 0 Å². The summed E-state index contributed by atoms with van der Waals surface area (Å²) in [5.74, 6) is 1.14. The van der Waals surface area contributed by atoms with Gasteiger partial charge in [-0.05, 0) is 30.3 Å². The highest BCUT2D eigenvalue weighted by Crippen LogP contribution is 2.33. The average Bonchev–Trinajstić information content (AvgIpc) is 2.55. The highest BCUT2D eigenvalue weighted by molar-refractivity contribution is 5.96. The molecule has 1 atom stereocenters. The number of benzene rings is 2. The van der Waals surface area contributed by atoms with E-state index in [0.717, 1.165) is 30.0 Å². The minimum Gasteiger partial charge on any atom is -0.493 e. The van der Waals surface area contributed by atoms with Crippen LogP contribution in [-0.2, 0) is 0 Å². The smallest absolute Gasteiger partial charge is 0.162 e. The van der Waals surface area contributed by atoms with Gasteiger partial charge in [0, 0.05) is 29.7 Å². The first-order valence-electron chi connectivity index (χ1n) is 7.39. The molecule has 108 valence electrons. The molecule has 0 bridgehead atoms. The van der Waals surface area contributed by atoms with Crippen LogP contribution in [0.25, 0.3) is 0 Å². The Balaban J connectivity index is 1.77. The quantitative estimate of drug-likeness (QED) is 0.853. The normalized spacial score (nSPS) is 16.7. The van der Waals surface area contributed by atoms with Crippen molar-refractivity contribution in [1.82, 2.24) is 0 Å². The number of hydrogen-bond donors (Lipinski definition) is 1. The van der Waals surface area contributed by atoms with Crippen molar-refractivity contribution < 1.29 is 9.53 Å². The Labute approximate surface area is 124 Å². The fourth-order valence-corrected chi connectivity index (χ4v) is 2.65. The predicted octanol–water partition coefficient (Wildman–Crippen LogP) is 4.22. The number of fused-ring (bicyclic) bond motifs is 1. The highest BCUT2D eigenvalue weighted by Gasteiger charge is 2.20. The van der Waals surface area contributed by atoms with Crippen molar-refractivity contribution in [3.05, 3.63) is 59.7 Å². The molecule has 0 spiro atoms. The van der Waals surface area contributed by atoms with Crippen LogP contribution in [0, 0.1) is 0 Å². The molecule has 1 unspecified atom stereocenters. The van der Waals surface area contributed by atoms with Gasteiger partial charge in [-0.2, -0.15) is 0 Å². The number of carbonyl (C=O) groups excluding carboxylic acids is 1. The van der Waals surface area contributed by atoms with Crippen molar-refractivity contribution in [2.24, 2.45) is 0 Å². The van der Waals surface area contributed by atoms with Gasteiger partial charge < -0.3 is 10.1 Å². The third kappa shape index (κ3) is 2.92. The van der Waals surface area contributed by atoms with Crippen LogP contribution < -0.4 is 10.1 Å². The van der Waals surface area contributed by atoms with E-state index in [1.807, 2.05) is 49.4 Å². The predicted molar refractivity (Wildman–Crippen MR) is 84.0 cm³/mol. The Hall–Kier alpha value is -2.29. The van der Waals surface area contributed by atoms with Gasteiger partial charge in [0.05, 0.1) is 12.6 Å². The number of rotatable bonds is 4. The molecular formula is C18H19NO2. The molecule has 21 heavy (non-hydrogen) atoms. The van der Waals surface area contributed by atoms with Gasteiger partial charge in [0.15, 0.2) is 5.78 Å². The molecule has 1 aliphatic heterocycles. The first kappa shape index (κ1) is 13.7. The molecule has 3 nitrogen and oxygen atoms in total. The van der Waals surface area contributed by atoms with Crippen LogP contribution in [0.4, 0.5) is 5.69 Å². The fraction of sp³-hybridized carbons (Fsp3) is 0.278. The summed E-state index contributed by atoms with van der Waals surface area (Å²) in [6.45, 7) is 2.61. The number of ketones is 1. The SMILES string of the molecule is CCC(=O)c1ccc(NC2CCOc3ccccc32)cc1. The van der Waals surface area contributed by atoms with Crippen molar-refractivity contribution in [1.29, 1.82) is 0 Å². The zero-order chi connectivity index (χ0) is 14.7. The van der Waals surface area contributed by atoms with E-state index in [-0.39, 0.29) is 11.8 Å². The molecule has 3 rings (SSSR count). The van der Waals surface area contributed by atoms with Crippen molar-refractivity contribution in [3.8, 4) is 5.75 Å². The summed E-state index contributed by atoms with van der Waals surface area (Å²) in [5, 5.41) is 3.53. The first-order chi connectivity index (χ1) is 10.3. The van der Waals surface area contributed by atoms with Gasteiger partial charge in [-0.1, -0.05) is 25.1 Å². The maximum absolute atomic E-state index is 11.6. The van der Waals surface area contributed by atoms with E-state index >= 15 is 0 Å². The fourth-order valence-electron chi connectivity index (χ4n) is 2.65. The minimum atomic E-state index is 0.179. The summed E-state index contributed by atoms with van der Waals surface area (Å²) in [4.78, 5) is 11.6. The van der Waals surface area contributed by atoms with Crippen LogP contribution >= 0.6 is 0 Å². The number of anilines is 1. The molecule has 3 heteroatoms. The Bertz CT molecular complexity index is 634. The maximum Gasteiger partial charge on any atom is 0.162 e. The first-order valence-corrected chi connectivity index (χ1v) is 7.39. The van der Waals surface area contributed by atoms with Gasteiger partial charge in [0.25, 0.3) is 0 Å². The molecule has 2 aromatic rings. The van der Waals surface area contributed by atoms with E-state index < -0.39 is 0 Å². The van der Waals surface area contributed by atoms with Gasteiger partial charge in [-0.25, -0.2) is 0 Å². The summed E-state index contributed by atoms with van der Waals surface area (Å²) in [5.41, 5.74) is 3.00. The number of para-hydroxylation sites is 1. The monoisotopic (exact) mass is 281 g/mol. The van der Waals surface area contributed by atoms with E-state index in [1.54, 1.807) is 0 Å². The summed E-state index contributed by atoms with van der Waals surface area (Å²) >= 11 is 0. The molecule has 1 heterocycles. The van der Waals surface area contributed by atoms with Crippen molar-refractivity contribution in [2.75, 3.05) is 11.9 Å². The second-order valence-corrected chi connectivity index (χ2v) is 5.23. The molecule has 0 amide bonds. The molecule has 0 aliphatic carbocycles. The molecule has 2 aromatic carbocycles. The molecule has 0 saturated heterocycles. The van der Waals surface area contributed by atoms with Crippen LogP contribution in [0.2, 0.25) is 0 Å². The lowest BCUT2D eigenvalue weighted by Crippen LogP contribution is -2.20. The highest BCUT2D eigenvalue weighted by atomic mass is 16.5. The Morgan fingerprint density at radius 3 is 2.71 bits per heavy atom. The molecule has 0 aromatic heterocycles. The van der Waals surface area contributed by atoms with Gasteiger partial charge in [-0.3, -0.25) is 4.79 Å². The largest absolute Gasteiger partial charge is 0.493 e. The third-order valence-electron chi connectivity index (χ3n) is 3.83. The van der Waals surface area contributed by atoms with Crippen LogP contribution in [-0.4, -0.2) is 12.4 Å². The number of nitrogens with one attached hydrogen (secondary N) is 1. The second-order valence-electron chi connectivity index (χ2n) is 5.23. The summed E-state index contributed by atoms with van der Waals surface area (Å²) in [7, 11) is 0. The Kier molecular flexibility index (Phi) is 3.91. The topological polar surface area (TPSA) is 38.3 Å². The van der Waals surface area contributed by atoms with Gasteiger partial charge in [0.1, 0.15) is 5.75 Å². The third-order valence-corrected chi connectivity index (χ3v) is 3.83. The lowest BCUT2D eigenvalue weighted by molar-refractivity contribution is 0.0988. The summed E-state index contributed by atoms with van der Waals surface area (Å²) < 4.78 is 5.67. The molecule has 0 saturated carbocycles.